The number of hydrogen-bond acceptors (Lipinski definition) is 5. The molecule has 2 aromatic carbocycles. The van der Waals surface area contributed by atoms with Crippen molar-refractivity contribution in [3.05, 3.63) is 59.2 Å². The van der Waals surface area contributed by atoms with Crippen molar-refractivity contribution in [2.24, 2.45) is 0 Å². The summed E-state index contributed by atoms with van der Waals surface area (Å²) >= 11 is 1.27. The Balaban J connectivity index is 1.56. The number of benzene rings is 2. The zero-order valence-corrected chi connectivity index (χ0v) is 15.1. The van der Waals surface area contributed by atoms with Crippen LogP contribution in [0.25, 0.3) is 22.4 Å². The number of hydrogen-bond donors (Lipinski definition) is 1. The number of aromatic nitrogens is 4. The van der Waals surface area contributed by atoms with Crippen LogP contribution in [0.3, 0.4) is 0 Å². The second-order valence-corrected chi connectivity index (χ2v) is 7.34. The molecule has 0 aliphatic carbocycles. The molecule has 1 N–H and O–H groups in total. The van der Waals surface area contributed by atoms with E-state index in [0.29, 0.717) is 33.2 Å². The highest BCUT2D eigenvalue weighted by Crippen LogP contribution is 2.34. The summed E-state index contributed by atoms with van der Waals surface area (Å²) in [5.41, 5.74) is 1.76. The van der Waals surface area contributed by atoms with E-state index in [-0.39, 0.29) is 16.9 Å². The van der Waals surface area contributed by atoms with Gasteiger partial charge >= 0.3 is 0 Å². The third-order valence-electron chi connectivity index (χ3n) is 4.01. The molecule has 0 radical (unpaired) electrons. The van der Waals surface area contributed by atoms with E-state index in [1.165, 1.54) is 17.8 Å². The molecule has 0 bridgehead atoms. The van der Waals surface area contributed by atoms with Gasteiger partial charge in [-0.25, -0.2) is 18.2 Å². The first-order valence-corrected chi connectivity index (χ1v) is 8.90. The van der Waals surface area contributed by atoms with Crippen LogP contribution < -0.4 is 0 Å². The van der Waals surface area contributed by atoms with E-state index in [0.717, 1.165) is 12.1 Å². The van der Waals surface area contributed by atoms with E-state index in [4.69, 9.17) is 4.52 Å². The number of H-pyrrole nitrogens is 1. The molecule has 0 fully saturated rings. The molecule has 0 saturated heterocycles. The largest absolute Gasteiger partial charge is 0.338 e. The van der Waals surface area contributed by atoms with Gasteiger partial charge in [-0.2, -0.15) is 4.98 Å². The zero-order chi connectivity index (χ0) is 19.1. The van der Waals surface area contributed by atoms with Crippen molar-refractivity contribution in [2.75, 3.05) is 0 Å². The fourth-order valence-corrected chi connectivity index (χ4v) is 3.36. The molecule has 0 aliphatic heterocycles. The van der Waals surface area contributed by atoms with Crippen LogP contribution in [0.15, 0.2) is 40.0 Å². The van der Waals surface area contributed by atoms with Crippen molar-refractivity contribution in [1.82, 2.24) is 20.1 Å². The van der Waals surface area contributed by atoms with E-state index >= 15 is 0 Å². The molecule has 0 spiro atoms. The van der Waals surface area contributed by atoms with Gasteiger partial charge in [-0.05, 0) is 25.5 Å². The molecule has 0 aliphatic rings. The summed E-state index contributed by atoms with van der Waals surface area (Å²) in [5.74, 6) is -1.63. The van der Waals surface area contributed by atoms with Gasteiger partial charge in [0.05, 0.1) is 16.3 Å². The van der Waals surface area contributed by atoms with E-state index in [9.17, 15) is 13.2 Å². The summed E-state index contributed by atoms with van der Waals surface area (Å²) in [6.07, 6.45) is 0. The van der Waals surface area contributed by atoms with Crippen LogP contribution in [0.2, 0.25) is 0 Å². The van der Waals surface area contributed by atoms with Crippen LogP contribution in [0.4, 0.5) is 13.2 Å². The Hall–Kier alpha value is -2.81. The van der Waals surface area contributed by atoms with Gasteiger partial charge in [0.25, 0.3) is 0 Å². The van der Waals surface area contributed by atoms with Gasteiger partial charge in [-0.1, -0.05) is 29.1 Å². The van der Waals surface area contributed by atoms with Crippen LogP contribution in [0.1, 0.15) is 23.6 Å². The average Bonchev–Trinajstić information content (AvgIpc) is 3.25. The highest BCUT2D eigenvalue weighted by atomic mass is 32.2. The van der Waals surface area contributed by atoms with E-state index in [1.54, 1.807) is 19.1 Å². The number of halogens is 3. The monoisotopic (exact) mass is 390 g/mol. The van der Waals surface area contributed by atoms with Crippen LogP contribution >= 0.6 is 11.8 Å². The van der Waals surface area contributed by atoms with E-state index in [2.05, 4.69) is 20.1 Å². The van der Waals surface area contributed by atoms with Crippen LogP contribution in [0.5, 0.6) is 0 Å². The molecule has 0 saturated carbocycles. The second kappa shape index (κ2) is 6.73. The second-order valence-electron chi connectivity index (χ2n) is 6.01. The summed E-state index contributed by atoms with van der Waals surface area (Å²) in [4.78, 5) is 11.5. The van der Waals surface area contributed by atoms with Gasteiger partial charge in [-0.3, -0.25) is 0 Å². The summed E-state index contributed by atoms with van der Waals surface area (Å²) in [6.45, 7) is 3.50. The minimum atomic E-state index is -0.953. The molecule has 5 nitrogen and oxygen atoms in total. The lowest BCUT2D eigenvalue weighted by molar-refractivity contribution is 0.380. The smallest absolute Gasteiger partial charge is 0.240 e. The summed E-state index contributed by atoms with van der Waals surface area (Å²) in [6, 6.07) is 6.80. The first-order chi connectivity index (χ1) is 12.9. The molecule has 1 atom stereocenters. The maximum atomic E-state index is 13.7. The first kappa shape index (κ1) is 17.6. The summed E-state index contributed by atoms with van der Waals surface area (Å²) in [5, 5.41) is 4.07. The Kier molecular flexibility index (Phi) is 4.39. The zero-order valence-electron chi connectivity index (χ0n) is 14.3. The van der Waals surface area contributed by atoms with Crippen molar-refractivity contribution in [2.45, 2.75) is 24.3 Å². The average molecular weight is 390 g/mol. The molecule has 9 heteroatoms. The van der Waals surface area contributed by atoms with Crippen molar-refractivity contribution in [1.29, 1.82) is 0 Å². The van der Waals surface area contributed by atoms with Crippen molar-refractivity contribution in [3.63, 3.8) is 0 Å². The number of nitrogens with one attached hydrogen (secondary N) is 1. The molecule has 4 aromatic rings. The van der Waals surface area contributed by atoms with Crippen molar-refractivity contribution < 1.29 is 17.7 Å². The Morgan fingerprint density at radius 3 is 2.59 bits per heavy atom. The topological polar surface area (TPSA) is 67.6 Å². The Morgan fingerprint density at radius 2 is 1.81 bits per heavy atom. The highest BCUT2D eigenvalue weighted by Gasteiger charge is 2.19. The van der Waals surface area contributed by atoms with Gasteiger partial charge in [-0.15, -0.1) is 0 Å². The maximum absolute atomic E-state index is 13.7. The predicted molar refractivity (Wildman–Crippen MR) is 94.7 cm³/mol. The Labute approximate surface area is 156 Å². The molecule has 1 unspecified atom stereocenters. The van der Waals surface area contributed by atoms with E-state index < -0.39 is 11.6 Å². The van der Waals surface area contributed by atoms with Gasteiger partial charge in [0.1, 0.15) is 5.82 Å². The quantitative estimate of drug-likeness (QED) is 0.486. The third kappa shape index (κ3) is 3.42. The summed E-state index contributed by atoms with van der Waals surface area (Å²) < 4.78 is 45.6. The SMILES string of the molecule is Cc1ccc(-c2noc(C(C)Sc3nc4cc(F)c(F)cc4[nH]3)n2)cc1F. The molecule has 2 aromatic heterocycles. The fraction of sp³-hybridized carbons (Fsp3) is 0.167. The molecular formula is C18H13F3N4OS. The summed E-state index contributed by atoms with van der Waals surface area (Å²) in [7, 11) is 0. The minimum Gasteiger partial charge on any atom is -0.338 e. The highest BCUT2D eigenvalue weighted by molar-refractivity contribution is 7.99. The Morgan fingerprint density at radius 1 is 1.04 bits per heavy atom. The number of rotatable bonds is 4. The molecule has 2 heterocycles. The fourth-order valence-electron chi connectivity index (χ4n) is 2.50. The van der Waals surface area contributed by atoms with Gasteiger partial charge in [0, 0.05) is 17.7 Å². The Bertz CT molecular complexity index is 1100. The third-order valence-corrected chi connectivity index (χ3v) is 4.98. The number of nitrogens with zero attached hydrogens (tertiary/aromatic N) is 3. The van der Waals surface area contributed by atoms with Crippen LogP contribution in [-0.2, 0) is 0 Å². The normalized spacial score (nSPS) is 12.6. The van der Waals surface area contributed by atoms with Gasteiger partial charge in [0.15, 0.2) is 16.8 Å². The first-order valence-electron chi connectivity index (χ1n) is 8.02. The standard InChI is InChI=1S/C18H13F3N4OS/c1-8-3-4-10(5-11(8)19)16-24-17(26-25-16)9(2)27-18-22-14-6-12(20)13(21)7-15(14)23-18/h3-7,9H,1-2H3,(H,22,23). The maximum Gasteiger partial charge on any atom is 0.240 e. The minimum absolute atomic E-state index is 0.281. The van der Waals surface area contributed by atoms with Crippen LogP contribution in [-0.4, -0.2) is 20.1 Å². The molecule has 27 heavy (non-hydrogen) atoms. The lowest BCUT2D eigenvalue weighted by Gasteiger charge is -2.02. The molecular weight excluding hydrogens is 377 g/mol. The van der Waals surface area contributed by atoms with Crippen LogP contribution in [0, 0.1) is 24.4 Å². The number of imidazole rings is 1. The number of thioether (sulfide) groups is 1. The number of fused-ring (bicyclic) bond motifs is 1. The van der Waals surface area contributed by atoms with Crippen molar-refractivity contribution in [3.8, 4) is 11.4 Å². The lowest BCUT2D eigenvalue weighted by Crippen LogP contribution is -1.90. The number of aryl methyl sites for hydroxylation is 1. The van der Waals surface area contributed by atoms with Crippen molar-refractivity contribution >= 4 is 22.8 Å². The predicted octanol–water partition coefficient (Wildman–Crippen LogP) is 5.19. The number of aromatic amines is 1. The van der Waals surface area contributed by atoms with Gasteiger partial charge in [0.2, 0.25) is 11.7 Å². The molecule has 138 valence electrons. The molecule has 4 rings (SSSR count). The molecule has 0 amide bonds. The lowest BCUT2D eigenvalue weighted by atomic mass is 10.1. The van der Waals surface area contributed by atoms with Gasteiger partial charge < -0.3 is 9.51 Å². The van der Waals surface area contributed by atoms with E-state index in [1.807, 2.05) is 6.92 Å².